The van der Waals surface area contributed by atoms with Crippen LogP contribution >= 0.6 is 0 Å². The Labute approximate surface area is 142 Å². The molecule has 3 heteroatoms. The predicted molar refractivity (Wildman–Crippen MR) is 97.5 cm³/mol. The van der Waals surface area contributed by atoms with E-state index in [9.17, 15) is 4.79 Å². The zero-order valence-electron chi connectivity index (χ0n) is 14.1. The van der Waals surface area contributed by atoms with Crippen molar-refractivity contribution < 1.29 is 4.79 Å². The van der Waals surface area contributed by atoms with E-state index in [1.807, 2.05) is 25.1 Å². The number of hydrogen-bond donors (Lipinski definition) is 2. The zero-order valence-corrected chi connectivity index (χ0v) is 14.1. The summed E-state index contributed by atoms with van der Waals surface area (Å²) in [7, 11) is 0. The van der Waals surface area contributed by atoms with Crippen molar-refractivity contribution in [3.63, 3.8) is 0 Å². The summed E-state index contributed by atoms with van der Waals surface area (Å²) in [5.41, 5.74) is 7.01. The Morgan fingerprint density at radius 1 is 1.12 bits per heavy atom. The van der Waals surface area contributed by atoms with Gasteiger partial charge in [-0.2, -0.15) is 0 Å². The third-order valence-corrected chi connectivity index (χ3v) is 5.20. The topological polar surface area (TPSA) is 44.9 Å². The normalized spacial score (nSPS) is 16.8. The molecule has 24 heavy (non-hydrogen) atoms. The van der Waals surface area contributed by atoms with Crippen LogP contribution in [0.4, 0.5) is 0 Å². The Morgan fingerprint density at radius 2 is 1.96 bits per heavy atom. The summed E-state index contributed by atoms with van der Waals surface area (Å²) in [6.45, 7) is 4.11. The van der Waals surface area contributed by atoms with E-state index in [4.69, 9.17) is 0 Å². The van der Waals surface area contributed by atoms with Gasteiger partial charge in [-0.1, -0.05) is 24.3 Å². The van der Waals surface area contributed by atoms with Gasteiger partial charge in [-0.3, -0.25) is 4.79 Å². The number of fused-ring (bicyclic) bond motifs is 3. The van der Waals surface area contributed by atoms with E-state index < -0.39 is 0 Å². The highest BCUT2D eigenvalue weighted by atomic mass is 16.1. The van der Waals surface area contributed by atoms with Crippen LogP contribution in [0.3, 0.4) is 0 Å². The molecule has 122 valence electrons. The molecule has 2 aromatic carbocycles. The highest BCUT2D eigenvalue weighted by molar-refractivity contribution is 5.94. The average Bonchev–Trinajstić information content (AvgIpc) is 2.95. The summed E-state index contributed by atoms with van der Waals surface area (Å²) < 4.78 is 0. The number of hydrogen-bond acceptors (Lipinski definition) is 1. The molecule has 4 rings (SSSR count). The summed E-state index contributed by atoms with van der Waals surface area (Å²) >= 11 is 0. The summed E-state index contributed by atoms with van der Waals surface area (Å²) in [6, 6.07) is 14.5. The first-order valence-electron chi connectivity index (χ1n) is 8.58. The van der Waals surface area contributed by atoms with Gasteiger partial charge in [-0.15, -0.1) is 0 Å². The van der Waals surface area contributed by atoms with Crippen LogP contribution in [-0.4, -0.2) is 16.9 Å². The van der Waals surface area contributed by atoms with E-state index in [2.05, 4.69) is 41.5 Å². The first-order chi connectivity index (χ1) is 11.6. The van der Waals surface area contributed by atoms with Gasteiger partial charge in [0.05, 0.1) is 0 Å². The first kappa shape index (κ1) is 15.0. The molecule has 1 amide bonds. The third-order valence-electron chi connectivity index (χ3n) is 5.20. The Balaban J connectivity index is 1.54. The molecule has 1 aromatic heterocycles. The van der Waals surface area contributed by atoms with Gasteiger partial charge in [0.25, 0.3) is 5.91 Å². The molecule has 1 heterocycles. The second-order valence-electron chi connectivity index (χ2n) is 6.84. The van der Waals surface area contributed by atoms with Gasteiger partial charge in [0.15, 0.2) is 0 Å². The van der Waals surface area contributed by atoms with Gasteiger partial charge in [0.1, 0.15) is 0 Å². The van der Waals surface area contributed by atoms with E-state index in [0.29, 0.717) is 0 Å². The number of aromatic amines is 1. The van der Waals surface area contributed by atoms with Crippen LogP contribution in [0.2, 0.25) is 0 Å². The standard InChI is InChI=1S/C21H22N2O/c1-13-7-8-15(11-14(13)2)21(24)22-16-9-10-20-18(12-16)17-5-3-4-6-19(17)23-20/h3-8,11,16,23H,9-10,12H2,1-2H3,(H,22,24). The Kier molecular flexibility index (Phi) is 3.64. The highest BCUT2D eigenvalue weighted by Gasteiger charge is 2.23. The number of carbonyl (C=O) groups excluding carboxylic acids is 1. The lowest BCUT2D eigenvalue weighted by Crippen LogP contribution is -2.38. The molecule has 3 aromatic rings. The monoisotopic (exact) mass is 318 g/mol. The Hall–Kier alpha value is -2.55. The molecular formula is C21H22N2O. The second kappa shape index (κ2) is 5.82. The number of nitrogens with one attached hydrogen (secondary N) is 2. The number of amides is 1. The molecule has 1 aliphatic carbocycles. The van der Waals surface area contributed by atoms with Gasteiger partial charge < -0.3 is 10.3 Å². The Morgan fingerprint density at radius 3 is 2.79 bits per heavy atom. The van der Waals surface area contributed by atoms with Gasteiger partial charge in [-0.05, 0) is 68.0 Å². The third kappa shape index (κ3) is 2.60. The molecule has 0 fully saturated rings. The maximum absolute atomic E-state index is 12.6. The minimum absolute atomic E-state index is 0.0337. The van der Waals surface area contributed by atoms with E-state index in [0.717, 1.165) is 30.4 Å². The largest absolute Gasteiger partial charge is 0.358 e. The van der Waals surface area contributed by atoms with Crippen LogP contribution < -0.4 is 5.32 Å². The van der Waals surface area contributed by atoms with Crippen LogP contribution in [0, 0.1) is 13.8 Å². The lowest BCUT2D eigenvalue weighted by atomic mass is 9.91. The van der Waals surface area contributed by atoms with Crippen molar-refractivity contribution in [2.75, 3.05) is 0 Å². The minimum Gasteiger partial charge on any atom is -0.358 e. The van der Waals surface area contributed by atoms with Gasteiger partial charge in [0, 0.05) is 28.2 Å². The molecule has 0 bridgehead atoms. The van der Waals surface area contributed by atoms with Crippen LogP contribution in [-0.2, 0) is 12.8 Å². The fourth-order valence-corrected chi connectivity index (χ4v) is 3.64. The summed E-state index contributed by atoms with van der Waals surface area (Å²) in [5, 5.41) is 4.51. The van der Waals surface area contributed by atoms with Crippen molar-refractivity contribution in [2.24, 2.45) is 0 Å². The molecule has 0 spiro atoms. The van der Waals surface area contributed by atoms with Crippen molar-refractivity contribution in [1.82, 2.24) is 10.3 Å². The minimum atomic E-state index is 0.0337. The quantitative estimate of drug-likeness (QED) is 0.735. The predicted octanol–water partition coefficient (Wildman–Crippen LogP) is 4.07. The fourth-order valence-electron chi connectivity index (χ4n) is 3.64. The lowest BCUT2D eigenvalue weighted by Gasteiger charge is -2.24. The van der Waals surface area contributed by atoms with Crippen molar-refractivity contribution in [3.8, 4) is 0 Å². The van der Waals surface area contributed by atoms with E-state index in [1.165, 1.54) is 27.7 Å². The van der Waals surface area contributed by atoms with Gasteiger partial charge >= 0.3 is 0 Å². The molecule has 1 aliphatic rings. The second-order valence-corrected chi connectivity index (χ2v) is 6.84. The molecule has 3 nitrogen and oxygen atoms in total. The highest BCUT2D eigenvalue weighted by Crippen LogP contribution is 2.29. The van der Waals surface area contributed by atoms with Crippen molar-refractivity contribution in [1.29, 1.82) is 0 Å². The van der Waals surface area contributed by atoms with Crippen LogP contribution in [0.15, 0.2) is 42.5 Å². The van der Waals surface area contributed by atoms with Crippen molar-refractivity contribution in [2.45, 2.75) is 39.2 Å². The summed E-state index contributed by atoms with van der Waals surface area (Å²) in [5.74, 6) is 0.0337. The number of para-hydroxylation sites is 1. The molecule has 1 unspecified atom stereocenters. The molecule has 0 saturated carbocycles. The lowest BCUT2D eigenvalue weighted by molar-refractivity contribution is 0.0933. The van der Waals surface area contributed by atoms with Crippen LogP contribution in [0.1, 0.15) is 39.2 Å². The molecular weight excluding hydrogens is 296 g/mol. The molecule has 0 aliphatic heterocycles. The van der Waals surface area contributed by atoms with Crippen LogP contribution in [0.5, 0.6) is 0 Å². The fraction of sp³-hybridized carbons (Fsp3) is 0.286. The SMILES string of the molecule is Cc1ccc(C(=O)NC2CCc3[nH]c4ccccc4c3C2)cc1C. The molecule has 0 saturated heterocycles. The van der Waals surface area contributed by atoms with Gasteiger partial charge in [0.2, 0.25) is 0 Å². The average molecular weight is 318 g/mol. The van der Waals surface area contributed by atoms with Crippen molar-refractivity contribution >= 4 is 16.8 Å². The van der Waals surface area contributed by atoms with E-state index in [-0.39, 0.29) is 11.9 Å². The first-order valence-corrected chi connectivity index (χ1v) is 8.58. The number of rotatable bonds is 2. The van der Waals surface area contributed by atoms with Gasteiger partial charge in [-0.25, -0.2) is 0 Å². The number of carbonyl (C=O) groups is 1. The smallest absolute Gasteiger partial charge is 0.251 e. The number of H-pyrrole nitrogens is 1. The molecule has 2 N–H and O–H groups in total. The molecule has 1 atom stereocenters. The summed E-state index contributed by atoms with van der Waals surface area (Å²) in [6.07, 6.45) is 2.87. The van der Waals surface area contributed by atoms with E-state index >= 15 is 0 Å². The van der Waals surface area contributed by atoms with Crippen LogP contribution in [0.25, 0.3) is 10.9 Å². The maximum Gasteiger partial charge on any atom is 0.251 e. The Bertz CT molecular complexity index is 923. The number of aryl methyl sites for hydroxylation is 3. The van der Waals surface area contributed by atoms with Crippen molar-refractivity contribution in [3.05, 3.63) is 70.4 Å². The summed E-state index contributed by atoms with van der Waals surface area (Å²) in [4.78, 5) is 16.1. The number of benzene rings is 2. The number of aromatic nitrogens is 1. The zero-order chi connectivity index (χ0) is 16.7. The maximum atomic E-state index is 12.6. The molecule has 0 radical (unpaired) electrons. The van der Waals surface area contributed by atoms with E-state index in [1.54, 1.807) is 0 Å².